The molecular formula is C19H19NO2. The smallest absolute Gasteiger partial charge is 0.140 e. The minimum absolute atomic E-state index is 0.765. The van der Waals surface area contributed by atoms with Crippen molar-refractivity contribution in [1.82, 2.24) is 0 Å². The minimum atomic E-state index is -0.765. The number of nitrogens with zero attached hydrogens (tertiary/aromatic N) is 1. The van der Waals surface area contributed by atoms with Crippen LogP contribution in [0, 0.1) is 11.8 Å². The summed E-state index contributed by atoms with van der Waals surface area (Å²) in [7, 11) is 0. The second-order valence-corrected chi connectivity index (χ2v) is 5.23. The van der Waals surface area contributed by atoms with Gasteiger partial charge in [0.15, 0.2) is 0 Å². The number of aliphatic hydroxyl groups is 1. The van der Waals surface area contributed by atoms with Crippen molar-refractivity contribution in [3.63, 3.8) is 0 Å². The summed E-state index contributed by atoms with van der Waals surface area (Å²) in [5.74, 6) is 5.88. The molecule has 3 heteroatoms. The summed E-state index contributed by atoms with van der Waals surface area (Å²) >= 11 is 0. The SMILES string of the molecule is OC(C#Cc1ccccc1)c1ccc(N2CCOCC2)cc1. The quantitative estimate of drug-likeness (QED) is 0.864. The van der Waals surface area contributed by atoms with Gasteiger partial charge in [0, 0.05) is 24.3 Å². The van der Waals surface area contributed by atoms with E-state index in [9.17, 15) is 5.11 Å². The number of morpholine rings is 1. The van der Waals surface area contributed by atoms with Crippen LogP contribution in [0.1, 0.15) is 17.2 Å². The van der Waals surface area contributed by atoms with Crippen molar-refractivity contribution in [1.29, 1.82) is 0 Å². The molecule has 3 nitrogen and oxygen atoms in total. The highest BCUT2D eigenvalue weighted by molar-refractivity contribution is 5.49. The number of hydrogen-bond acceptors (Lipinski definition) is 3. The fourth-order valence-electron chi connectivity index (χ4n) is 2.45. The molecular weight excluding hydrogens is 274 g/mol. The van der Waals surface area contributed by atoms with E-state index in [4.69, 9.17) is 4.74 Å². The second-order valence-electron chi connectivity index (χ2n) is 5.23. The first kappa shape index (κ1) is 14.6. The fourth-order valence-corrected chi connectivity index (χ4v) is 2.45. The Morgan fingerprint density at radius 1 is 0.955 bits per heavy atom. The van der Waals surface area contributed by atoms with E-state index >= 15 is 0 Å². The van der Waals surface area contributed by atoms with Crippen molar-refractivity contribution in [2.24, 2.45) is 0 Å². The van der Waals surface area contributed by atoms with Crippen LogP contribution in [0.5, 0.6) is 0 Å². The van der Waals surface area contributed by atoms with Crippen molar-refractivity contribution in [3.05, 3.63) is 65.7 Å². The van der Waals surface area contributed by atoms with Crippen molar-refractivity contribution >= 4 is 5.69 Å². The van der Waals surface area contributed by atoms with E-state index in [1.807, 2.05) is 54.6 Å². The van der Waals surface area contributed by atoms with Crippen LogP contribution >= 0.6 is 0 Å². The van der Waals surface area contributed by atoms with E-state index in [1.165, 1.54) is 0 Å². The lowest BCUT2D eigenvalue weighted by atomic mass is 10.1. The third-order valence-corrected chi connectivity index (χ3v) is 3.71. The average molecular weight is 293 g/mol. The van der Waals surface area contributed by atoms with Crippen LogP contribution in [-0.4, -0.2) is 31.4 Å². The highest BCUT2D eigenvalue weighted by Gasteiger charge is 2.11. The molecule has 0 spiro atoms. The Morgan fingerprint density at radius 2 is 1.64 bits per heavy atom. The molecule has 2 aromatic carbocycles. The van der Waals surface area contributed by atoms with Crippen LogP contribution in [0.2, 0.25) is 0 Å². The lowest BCUT2D eigenvalue weighted by molar-refractivity contribution is 0.122. The Balaban J connectivity index is 1.68. The topological polar surface area (TPSA) is 32.7 Å². The molecule has 112 valence electrons. The Kier molecular flexibility index (Phi) is 4.75. The molecule has 1 aliphatic rings. The molecule has 1 unspecified atom stereocenters. The molecule has 0 aliphatic carbocycles. The molecule has 1 fully saturated rings. The molecule has 3 rings (SSSR count). The lowest BCUT2D eigenvalue weighted by Gasteiger charge is -2.29. The maximum Gasteiger partial charge on any atom is 0.140 e. The zero-order chi connectivity index (χ0) is 15.2. The summed E-state index contributed by atoms with van der Waals surface area (Å²) in [6.45, 7) is 3.37. The van der Waals surface area contributed by atoms with Crippen LogP contribution in [0.3, 0.4) is 0 Å². The number of benzene rings is 2. The Hall–Kier alpha value is -2.28. The first-order valence-corrected chi connectivity index (χ1v) is 7.50. The molecule has 0 bridgehead atoms. The van der Waals surface area contributed by atoms with Gasteiger partial charge in [-0.1, -0.05) is 42.2 Å². The van der Waals surface area contributed by atoms with E-state index in [0.29, 0.717) is 0 Å². The number of rotatable bonds is 2. The van der Waals surface area contributed by atoms with Gasteiger partial charge < -0.3 is 14.7 Å². The summed E-state index contributed by atoms with van der Waals surface area (Å²) in [4.78, 5) is 2.29. The van der Waals surface area contributed by atoms with Crippen LogP contribution < -0.4 is 4.90 Å². The first-order chi connectivity index (χ1) is 10.8. The van der Waals surface area contributed by atoms with Crippen LogP contribution in [0.15, 0.2) is 54.6 Å². The van der Waals surface area contributed by atoms with E-state index in [0.717, 1.165) is 43.1 Å². The molecule has 0 amide bonds. The molecule has 22 heavy (non-hydrogen) atoms. The number of ether oxygens (including phenoxy) is 1. The van der Waals surface area contributed by atoms with E-state index in [1.54, 1.807) is 0 Å². The van der Waals surface area contributed by atoms with Crippen molar-refractivity contribution in [2.75, 3.05) is 31.2 Å². The lowest BCUT2D eigenvalue weighted by Crippen LogP contribution is -2.36. The largest absolute Gasteiger partial charge is 0.378 e. The molecule has 0 saturated carbocycles. The van der Waals surface area contributed by atoms with Gasteiger partial charge in [-0.3, -0.25) is 0 Å². The molecule has 1 atom stereocenters. The van der Waals surface area contributed by atoms with Crippen molar-refractivity contribution < 1.29 is 9.84 Å². The monoisotopic (exact) mass is 293 g/mol. The molecule has 0 radical (unpaired) electrons. The molecule has 1 heterocycles. The molecule has 1 N–H and O–H groups in total. The molecule has 1 aliphatic heterocycles. The molecule has 0 aromatic heterocycles. The van der Waals surface area contributed by atoms with Gasteiger partial charge in [-0.05, 0) is 29.8 Å². The third kappa shape index (κ3) is 3.67. The van der Waals surface area contributed by atoms with Gasteiger partial charge in [0.1, 0.15) is 6.10 Å². The fraction of sp³-hybridized carbons (Fsp3) is 0.263. The van der Waals surface area contributed by atoms with Gasteiger partial charge in [0.05, 0.1) is 13.2 Å². The number of hydrogen-bond donors (Lipinski definition) is 1. The highest BCUT2D eigenvalue weighted by atomic mass is 16.5. The Labute approximate surface area is 131 Å². The maximum atomic E-state index is 10.2. The van der Waals surface area contributed by atoms with Crippen LogP contribution in [-0.2, 0) is 4.74 Å². The summed E-state index contributed by atoms with van der Waals surface area (Å²) < 4.78 is 5.36. The summed E-state index contributed by atoms with van der Waals surface area (Å²) in [5, 5.41) is 10.2. The zero-order valence-corrected chi connectivity index (χ0v) is 12.4. The average Bonchev–Trinajstić information content (AvgIpc) is 2.61. The molecule has 1 saturated heterocycles. The second kappa shape index (κ2) is 7.13. The maximum absolute atomic E-state index is 10.2. The predicted molar refractivity (Wildman–Crippen MR) is 87.8 cm³/mol. The number of aliphatic hydroxyl groups excluding tert-OH is 1. The zero-order valence-electron chi connectivity index (χ0n) is 12.4. The van der Waals surface area contributed by atoms with Gasteiger partial charge >= 0.3 is 0 Å². The predicted octanol–water partition coefficient (Wildman–Crippen LogP) is 2.61. The summed E-state index contributed by atoms with van der Waals surface area (Å²) in [6, 6.07) is 17.6. The van der Waals surface area contributed by atoms with E-state index in [2.05, 4.69) is 16.7 Å². The highest BCUT2D eigenvalue weighted by Crippen LogP contribution is 2.20. The third-order valence-electron chi connectivity index (χ3n) is 3.71. The van der Waals surface area contributed by atoms with Crippen LogP contribution in [0.25, 0.3) is 0 Å². The Bertz CT molecular complexity index is 649. The Morgan fingerprint density at radius 3 is 2.32 bits per heavy atom. The van der Waals surface area contributed by atoms with Crippen molar-refractivity contribution in [3.8, 4) is 11.8 Å². The first-order valence-electron chi connectivity index (χ1n) is 7.50. The van der Waals surface area contributed by atoms with E-state index in [-0.39, 0.29) is 0 Å². The molecule has 2 aromatic rings. The standard InChI is InChI=1S/C19H19NO2/c21-19(11-6-16-4-2-1-3-5-16)17-7-9-18(10-8-17)20-12-14-22-15-13-20/h1-5,7-10,19,21H,12-15H2. The van der Waals surface area contributed by atoms with E-state index < -0.39 is 6.10 Å². The summed E-state index contributed by atoms with van der Waals surface area (Å²) in [6.07, 6.45) is -0.765. The minimum Gasteiger partial charge on any atom is -0.378 e. The van der Waals surface area contributed by atoms with Gasteiger partial charge in [-0.2, -0.15) is 0 Å². The normalized spacial score (nSPS) is 15.8. The number of anilines is 1. The van der Waals surface area contributed by atoms with Gasteiger partial charge in [0.25, 0.3) is 0 Å². The van der Waals surface area contributed by atoms with Crippen LogP contribution in [0.4, 0.5) is 5.69 Å². The summed E-state index contributed by atoms with van der Waals surface area (Å²) in [5.41, 5.74) is 2.89. The van der Waals surface area contributed by atoms with Gasteiger partial charge in [-0.25, -0.2) is 0 Å². The van der Waals surface area contributed by atoms with Gasteiger partial charge in [0.2, 0.25) is 0 Å². The van der Waals surface area contributed by atoms with Crippen molar-refractivity contribution in [2.45, 2.75) is 6.10 Å². The van der Waals surface area contributed by atoms with Gasteiger partial charge in [-0.15, -0.1) is 0 Å².